The number of alkyl halides is 1. The van der Waals surface area contributed by atoms with Crippen molar-refractivity contribution >= 4 is 29.9 Å². The molecule has 20 heavy (non-hydrogen) atoms. The number of amides is 1. The zero-order chi connectivity index (χ0) is 13.5. The van der Waals surface area contributed by atoms with Crippen molar-refractivity contribution in [2.75, 3.05) is 38.6 Å². The topological polar surface area (TPSA) is 23.6 Å². The highest BCUT2D eigenvalue weighted by molar-refractivity contribution is 6.18. The van der Waals surface area contributed by atoms with Gasteiger partial charge in [0.25, 0.3) is 0 Å². The van der Waals surface area contributed by atoms with E-state index in [-0.39, 0.29) is 12.4 Å². The van der Waals surface area contributed by atoms with Crippen LogP contribution in [0, 0.1) is 5.92 Å². The van der Waals surface area contributed by atoms with Crippen LogP contribution in [-0.4, -0.2) is 54.3 Å². The summed E-state index contributed by atoms with van der Waals surface area (Å²) in [7, 11) is 0. The Bertz CT molecular complexity index is 275. The molecule has 3 nitrogen and oxygen atoms in total. The predicted octanol–water partition coefficient (Wildman–Crippen LogP) is 3.15. The molecular formula is C15H28Cl2N2O. The molecule has 0 aromatic carbocycles. The number of hydrogen-bond acceptors (Lipinski definition) is 2. The van der Waals surface area contributed by atoms with Gasteiger partial charge in [0.15, 0.2) is 0 Å². The molecule has 2 rings (SSSR count). The number of halogens is 2. The average Bonchev–Trinajstić information content (AvgIpc) is 2.47. The minimum atomic E-state index is 0. The molecule has 0 atom stereocenters. The number of rotatable bonds is 5. The molecular weight excluding hydrogens is 295 g/mol. The fourth-order valence-corrected chi connectivity index (χ4v) is 3.54. The van der Waals surface area contributed by atoms with Crippen LogP contribution in [-0.2, 0) is 4.79 Å². The maximum absolute atomic E-state index is 12.2. The first kappa shape index (κ1) is 18.1. The van der Waals surface area contributed by atoms with Crippen LogP contribution in [0.2, 0.25) is 0 Å². The fraction of sp³-hybridized carbons (Fsp3) is 0.933. The maximum Gasteiger partial charge on any atom is 0.222 e. The summed E-state index contributed by atoms with van der Waals surface area (Å²) in [6.07, 6.45) is 8.70. The van der Waals surface area contributed by atoms with Gasteiger partial charge in [-0.3, -0.25) is 9.69 Å². The van der Waals surface area contributed by atoms with Crippen LogP contribution in [0.15, 0.2) is 0 Å². The van der Waals surface area contributed by atoms with Crippen LogP contribution in [0.1, 0.15) is 44.9 Å². The lowest BCUT2D eigenvalue weighted by atomic mass is 9.86. The summed E-state index contributed by atoms with van der Waals surface area (Å²) in [4.78, 5) is 16.6. The van der Waals surface area contributed by atoms with Crippen LogP contribution < -0.4 is 0 Å². The van der Waals surface area contributed by atoms with Crippen molar-refractivity contribution in [1.82, 2.24) is 9.80 Å². The van der Waals surface area contributed by atoms with E-state index >= 15 is 0 Å². The van der Waals surface area contributed by atoms with E-state index in [1.165, 1.54) is 32.1 Å². The molecule has 1 aliphatic carbocycles. The highest BCUT2D eigenvalue weighted by Crippen LogP contribution is 2.27. The SMILES string of the molecule is Cl.O=C(CCC1CCCCC1)N1CCN(CCCl)CC1. The van der Waals surface area contributed by atoms with Crippen LogP contribution in [0.4, 0.5) is 0 Å². The Morgan fingerprint density at radius 2 is 1.70 bits per heavy atom. The molecule has 118 valence electrons. The quantitative estimate of drug-likeness (QED) is 0.726. The summed E-state index contributed by atoms with van der Waals surface area (Å²) >= 11 is 5.75. The number of carbonyl (C=O) groups excluding carboxylic acids is 1. The Balaban J connectivity index is 0.00000200. The molecule has 0 radical (unpaired) electrons. The van der Waals surface area contributed by atoms with Gasteiger partial charge in [-0.15, -0.1) is 24.0 Å². The second-order valence-corrected chi connectivity index (χ2v) is 6.33. The summed E-state index contributed by atoms with van der Waals surface area (Å²) in [5.74, 6) is 1.88. The van der Waals surface area contributed by atoms with Gasteiger partial charge in [0.2, 0.25) is 5.91 Å². The van der Waals surface area contributed by atoms with Crippen LogP contribution in [0.3, 0.4) is 0 Å². The summed E-state index contributed by atoms with van der Waals surface area (Å²) in [5.41, 5.74) is 0. The minimum Gasteiger partial charge on any atom is -0.340 e. The molecule has 0 aromatic rings. The summed E-state index contributed by atoms with van der Waals surface area (Å²) in [6.45, 7) is 4.70. The van der Waals surface area contributed by atoms with Crippen molar-refractivity contribution in [3.8, 4) is 0 Å². The number of piperazine rings is 1. The smallest absolute Gasteiger partial charge is 0.222 e. The van der Waals surface area contributed by atoms with Crippen molar-refractivity contribution in [2.24, 2.45) is 5.92 Å². The number of hydrogen-bond donors (Lipinski definition) is 0. The van der Waals surface area contributed by atoms with Gasteiger partial charge >= 0.3 is 0 Å². The van der Waals surface area contributed by atoms with E-state index < -0.39 is 0 Å². The highest BCUT2D eigenvalue weighted by Gasteiger charge is 2.22. The standard InChI is InChI=1S/C15H27ClN2O.ClH/c16-8-9-17-10-12-18(13-11-17)15(19)7-6-14-4-2-1-3-5-14;/h14H,1-13H2;1H. The van der Waals surface area contributed by atoms with Crippen LogP contribution >= 0.6 is 24.0 Å². The zero-order valence-corrected chi connectivity index (χ0v) is 13.9. The predicted molar refractivity (Wildman–Crippen MR) is 86.8 cm³/mol. The Morgan fingerprint density at radius 1 is 1.05 bits per heavy atom. The largest absolute Gasteiger partial charge is 0.340 e. The highest BCUT2D eigenvalue weighted by atomic mass is 35.5. The van der Waals surface area contributed by atoms with E-state index in [2.05, 4.69) is 4.90 Å². The van der Waals surface area contributed by atoms with Gasteiger partial charge in [0.1, 0.15) is 0 Å². The van der Waals surface area contributed by atoms with Crippen LogP contribution in [0.25, 0.3) is 0 Å². The first-order chi connectivity index (χ1) is 9.29. The molecule has 0 N–H and O–H groups in total. The Morgan fingerprint density at radius 3 is 2.30 bits per heavy atom. The third kappa shape index (κ3) is 5.79. The lowest BCUT2D eigenvalue weighted by Crippen LogP contribution is -2.49. The van der Waals surface area contributed by atoms with Crippen molar-refractivity contribution in [2.45, 2.75) is 44.9 Å². The summed E-state index contributed by atoms with van der Waals surface area (Å²) < 4.78 is 0. The van der Waals surface area contributed by atoms with E-state index in [1.54, 1.807) is 0 Å². The lowest BCUT2D eigenvalue weighted by molar-refractivity contribution is -0.133. The van der Waals surface area contributed by atoms with Gasteiger partial charge in [-0.1, -0.05) is 32.1 Å². The summed E-state index contributed by atoms with van der Waals surface area (Å²) in [5, 5.41) is 0. The molecule has 2 fully saturated rings. The minimum absolute atomic E-state index is 0. The third-order valence-electron chi connectivity index (χ3n) is 4.62. The Hall–Kier alpha value is 0.01000. The Kier molecular flexibility index (Phi) is 8.90. The van der Waals surface area contributed by atoms with E-state index in [0.29, 0.717) is 11.8 Å². The monoisotopic (exact) mass is 322 g/mol. The second-order valence-electron chi connectivity index (χ2n) is 5.95. The van der Waals surface area contributed by atoms with Gasteiger partial charge in [-0.2, -0.15) is 0 Å². The first-order valence-electron chi connectivity index (χ1n) is 7.85. The van der Waals surface area contributed by atoms with E-state index in [9.17, 15) is 4.79 Å². The van der Waals surface area contributed by atoms with E-state index in [0.717, 1.165) is 51.5 Å². The van der Waals surface area contributed by atoms with Crippen molar-refractivity contribution < 1.29 is 4.79 Å². The van der Waals surface area contributed by atoms with E-state index in [1.807, 2.05) is 4.90 Å². The molecule has 5 heteroatoms. The van der Waals surface area contributed by atoms with Crippen LogP contribution in [0.5, 0.6) is 0 Å². The molecule has 2 aliphatic rings. The summed E-state index contributed by atoms with van der Waals surface area (Å²) in [6, 6.07) is 0. The molecule has 0 aromatic heterocycles. The van der Waals surface area contributed by atoms with Crippen molar-refractivity contribution in [3.05, 3.63) is 0 Å². The molecule has 1 amide bonds. The number of carbonyl (C=O) groups is 1. The van der Waals surface area contributed by atoms with Gasteiger partial charge in [-0.25, -0.2) is 0 Å². The molecule has 1 saturated heterocycles. The third-order valence-corrected chi connectivity index (χ3v) is 4.79. The molecule has 1 heterocycles. The lowest BCUT2D eigenvalue weighted by Gasteiger charge is -2.34. The van der Waals surface area contributed by atoms with Gasteiger partial charge in [0.05, 0.1) is 0 Å². The number of nitrogens with zero attached hydrogens (tertiary/aromatic N) is 2. The van der Waals surface area contributed by atoms with Gasteiger partial charge < -0.3 is 4.90 Å². The van der Waals surface area contributed by atoms with E-state index in [4.69, 9.17) is 11.6 Å². The maximum atomic E-state index is 12.2. The first-order valence-corrected chi connectivity index (χ1v) is 8.39. The molecule has 0 bridgehead atoms. The van der Waals surface area contributed by atoms with Gasteiger partial charge in [-0.05, 0) is 12.3 Å². The zero-order valence-electron chi connectivity index (χ0n) is 12.4. The molecule has 1 saturated carbocycles. The van der Waals surface area contributed by atoms with Crippen molar-refractivity contribution in [3.63, 3.8) is 0 Å². The van der Waals surface area contributed by atoms with Gasteiger partial charge in [0, 0.05) is 45.0 Å². The average molecular weight is 323 g/mol. The molecule has 0 unspecified atom stereocenters. The Labute approximate surface area is 134 Å². The molecule has 0 spiro atoms. The molecule has 1 aliphatic heterocycles. The fourth-order valence-electron chi connectivity index (χ4n) is 3.30. The second kappa shape index (κ2) is 9.86. The normalized spacial score (nSPS) is 21.6. The van der Waals surface area contributed by atoms with Crippen molar-refractivity contribution in [1.29, 1.82) is 0 Å².